The first kappa shape index (κ1) is 101. The van der Waals surface area contributed by atoms with Crippen LogP contribution in [-0.2, 0) is 39.3 Å². The van der Waals surface area contributed by atoms with Crippen LogP contribution in [0.25, 0.3) is 0 Å². The third-order valence-corrected chi connectivity index (χ3v) is 27.8. The second-order valence-corrected chi connectivity index (χ2v) is 44.8. The van der Waals surface area contributed by atoms with Crippen LogP contribution < -0.4 is 0 Å². The lowest BCUT2D eigenvalue weighted by Crippen LogP contribution is -2.36. The standard InChI is InChI=1S/C17H25N3.C15H22FN3.C15H23N3O.C14H21N3.C13H17N5.C13H21N3.C12H17N.C11H16N2/c1-12(2)15-9-14(18-16(19-15)13-3-4-13)10-20-8-7-17(11-20)5-6-17;1-10(2)14-7-13(9-19-6-5-12(16)8-19)17-15(18-14)11-3-4-11;1-10(2)14-7-12(8-18-6-5-13(19)9-18)16-15(17-14)11-3-4-11;1-10(2)13-8-12(9-17-6-3-7-17)15-14(16-13)11-4-5-11;1-9(2)12-7-11(8-18-6-5-14-17-18)15-13(16-12)10-3-4-10;1-9(2)12-7-11(8-16(3)4)14-13(15-12)10-5-6-10;1-8(2)11-6-9(3)7-12(13-11)10-4-5-10;1-7(2)10-6-8(3)12-11(13-10)9-4-5-9/h9,12-13H,3-8,10-11H2,1-2H3;7,10-12H,3-6,8-9H2,1-2H3;7,10-11,13,19H,3-6,8-9H2,1-2H3;8,10-11H,3-7,9H2,1-2H3;5-7,9-10H,3-4,8H2,1-2H3;7,9-10H,5-6,8H2,1-4H3;6-8,10H,4-5H2,1-3H3;6-7,9H,4-5H2,1-3H3. The molecule has 730 valence electrons. The van der Waals surface area contributed by atoms with E-state index in [9.17, 15) is 9.50 Å². The second-order valence-electron chi connectivity index (χ2n) is 44.8. The van der Waals surface area contributed by atoms with E-state index in [-0.39, 0.29) is 6.10 Å². The highest BCUT2D eigenvalue weighted by Crippen LogP contribution is 2.53. The minimum atomic E-state index is -0.658. The molecule has 9 aliphatic carbocycles. The maximum atomic E-state index is 13.2. The Morgan fingerprint density at radius 2 is 0.674 bits per heavy atom. The topological polar surface area (TPSA) is 260 Å². The number of halogens is 1. The first-order valence-corrected chi connectivity index (χ1v) is 52.5. The lowest BCUT2D eigenvalue weighted by molar-refractivity contribution is 0.170. The number of aliphatic hydroxyl groups excluding tert-OH is 1. The predicted octanol–water partition coefficient (Wildman–Crippen LogP) is 22.0. The number of hydrogen-bond acceptors (Lipinski definition) is 23. The van der Waals surface area contributed by atoms with E-state index in [0.29, 0.717) is 114 Å². The minimum Gasteiger partial charge on any atom is -0.392 e. The van der Waals surface area contributed by atoms with Gasteiger partial charge >= 0.3 is 0 Å². The van der Waals surface area contributed by atoms with Gasteiger partial charge in [-0.1, -0.05) is 116 Å². The zero-order valence-electron chi connectivity index (χ0n) is 85.8. The van der Waals surface area contributed by atoms with Crippen molar-refractivity contribution in [2.75, 3.05) is 66.5 Å². The van der Waals surface area contributed by atoms with Gasteiger partial charge in [-0.3, -0.25) is 24.6 Å². The zero-order valence-corrected chi connectivity index (χ0v) is 85.8. The average molecular weight is 1840 g/mol. The van der Waals surface area contributed by atoms with Gasteiger partial charge in [0.15, 0.2) is 0 Å². The van der Waals surface area contributed by atoms with E-state index in [1.165, 1.54) is 206 Å². The number of aliphatic hydroxyl groups is 1. The van der Waals surface area contributed by atoms with E-state index >= 15 is 0 Å². The summed E-state index contributed by atoms with van der Waals surface area (Å²) in [4.78, 5) is 82.0. The van der Waals surface area contributed by atoms with E-state index in [4.69, 9.17) is 39.9 Å². The SMILES string of the molecule is CC(C)c1cc(CN(C)C)nc(C2CC2)n1.CC(C)c1cc(CN2CCC(F)C2)nc(C2CC2)n1.CC(C)c1cc(CN2CCC(O)C2)nc(C2CC2)n1.CC(C)c1cc(CN2CCC2)nc(C2CC2)n1.CC(C)c1cc(CN2CCC3(CC3)C2)nc(C2CC2)n1.CC(C)c1cc(Cn2ccnn2)nc(C2CC2)n1.Cc1cc(C(C)C)nc(C2CC2)c1.Cc1cc(C(C)C)nc(C2CC2)n1. The van der Waals surface area contributed by atoms with Crippen LogP contribution in [0.3, 0.4) is 0 Å². The van der Waals surface area contributed by atoms with Crippen molar-refractivity contribution in [3.8, 4) is 0 Å². The van der Waals surface area contributed by atoms with E-state index in [1.54, 1.807) is 10.9 Å². The molecule has 25 heteroatoms. The van der Waals surface area contributed by atoms with Crippen molar-refractivity contribution in [1.29, 1.82) is 0 Å². The number of hydrogen-bond donors (Lipinski definition) is 1. The van der Waals surface area contributed by atoms with E-state index in [0.717, 1.165) is 151 Å². The Morgan fingerprint density at radius 1 is 0.341 bits per heavy atom. The van der Waals surface area contributed by atoms with Gasteiger partial charge in [0.05, 0.1) is 53.0 Å². The number of rotatable bonds is 28. The van der Waals surface area contributed by atoms with Crippen LogP contribution in [0.2, 0.25) is 0 Å². The van der Waals surface area contributed by atoms with Gasteiger partial charge in [-0.25, -0.2) is 78.8 Å². The molecule has 0 bridgehead atoms. The fraction of sp³-hybridized carbons (Fsp3) is 0.682. The van der Waals surface area contributed by atoms with Crippen LogP contribution >= 0.6 is 0 Å². The molecule has 0 radical (unpaired) electrons. The highest BCUT2D eigenvalue weighted by atomic mass is 19.1. The molecule has 4 saturated heterocycles. The predicted molar refractivity (Wildman–Crippen MR) is 535 cm³/mol. The summed E-state index contributed by atoms with van der Waals surface area (Å²) in [6.07, 6.45) is 30.2. The van der Waals surface area contributed by atoms with Crippen molar-refractivity contribution in [2.24, 2.45) is 5.41 Å². The summed E-state index contributed by atoms with van der Waals surface area (Å²) in [6.45, 7) is 52.7. The number of pyridine rings is 1. The fourth-order valence-electron chi connectivity index (χ4n) is 17.6. The van der Waals surface area contributed by atoms with Crippen LogP contribution in [0.5, 0.6) is 0 Å². The number of aryl methyl sites for hydroxylation is 2. The molecule has 9 aromatic heterocycles. The Balaban J connectivity index is 0.000000118. The summed E-state index contributed by atoms with van der Waals surface area (Å²) in [5, 5.41) is 17.4. The zero-order chi connectivity index (χ0) is 95.5. The van der Waals surface area contributed by atoms with Crippen LogP contribution in [-0.4, -0.2) is 198 Å². The molecule has 1 spiro atoms. The maximum absolute atomic E-state index is 13.2. The molecular weight excluding hydrogens is 1680 g/mol. The van der Waals surface area contributed by atoms with Crippen molar-refractivity contribution < 1.29 is 9.50 Å². The molecule has 135 heavy (non-hydrogen) atoms. The van der Waals surface area contributed by atoms with Gasteiger partial charge < -0.3 is 10.0 Å². The van der Waals surface area contributed by atoms with Gasteiger partial charge in [-0.05, 0) is 302 Å². The van der Waals surface area contributed by atoms with Gasteiger partial charge in [-0.2, -0.15) is 0 Å². The van der Waals surface area contributed by atoms with Gasteiger partial charge in [0.25, 0.3) is 0 Å². The summed E-state index contributed by atoms with van der Waals surface area (Å²) < 4.78 is 15.0. The molecule has 13 heterocycles. The smallest absolute Gasteiger partial charge is 0.132 e. The molecule has 1 N–H and O–H groups in total. The molecule has 9 saturated carbocycles. The molecule has 13 aliphatic rings. The van der Waals surface area contributed by atoms with Crippen LogP contribution in [0.4, 0.5) is 4.39 Å². The van der Waals surface area contributed by atoms with Gasteiger partial charge in [-0.15, -0.1) is 5.10 Å². The second kappa shape index (κ2) is 46.1. The van der Waals surface area contributed by atoms with Crippen LogP contribution in [0.15, 0.2) is 67.0 Å². The van der Waals surface area contributed by atoms with Crippen molar-refractivity contribution >= 4 is 0 Å². The summed E-state index contributed by atoms with van der Waals surface area (Å²) in [5.74, 6) is 16.4. The monoisotopic (exact) mass is 1840 g/mol. The number of alkyl halides is 1. The molecule has 4 aliphatic heterocycles. The first-order chi connectivity index (χ1) is 64.7. The van der Waals surface area contributed by atoms with E-state index in [1.807, 2.05) is 6.20 Å². The van der Waals surface area contributed by atoms with Crippen LogP contribution in [0, 0.1) is 19.3 Å². The number of likely N-dealkylation sites (tertiary alicyclic amines) is 4. The van der Waals surface area contributed by atoms with Gasteiger partial charge in [0.2, 0.25) is 0 Å². The summed E-state index contributed by atoms with van der Waals surface area (Å²) in [5.41, 5.74) is 20.9. The highest BCUT2D eigenvalue weighted by molar-refractivity contribution is 5.29. The Bertz CT molecular complexity index is 4990. The number of aromatic nitrogens is 18. The molecule has 13 fully saturated rings. The summed E-state index contributed by atoms with van der Waals surface area (Å²) in [6, 6.07) is 19.5. The molecule has 0 aromatic carbocycles. The number of nitrogens with zero attached hydrogens (tertiary/aromatic N) is 23. The fourth-order valence-corrected chi connectivity index (χ4v) is 17.6. The van der Waals surface area contributed by atoms with Crippen LogP contribution in [0.1, 0.15) is 484 Å². The largest absolute Gasteiger partial charge is 0.392 e. The number of β-amino-alcohol motifs (C(OH)–C–C–N with tert-alkyl or cyclic N) is 1. The Hall–Kier alpha value is -8.46. The van der Waals surface area contributed by atoms with E-state index < -0.39 is 6.17 Å². The lowest BCUT2D eigenvalue weighted by Gasteiger charge is -2.30. The van der Waals surface area contributed by atoms with E-state index in [2.05, 4.69) is 263 Å². The maximum Gasteiger partial charge on any atom is 0.132 e. The molecule has 2 atom stereocenters. The Kier molecular flexibility index (Phi) is 34.5. The normalized spacial score (nSPS) is 20.3. The lowest BCUT2D eigenvalue weighted by atomic mass is 10.1. The van der Waals surface area contributed by atoms with Gasteiger partial charge in [0.1, 0.15) is 46.9 Å². The van der Waals surface area contributed by atoms with Crippen molar-refractivity contribution in [3.63, 3.8) is 0 Å². The minimum absolute atomic E-state index is 0.158. The summed E-state index contributed by atoms with van der Waals surface area (Å²) in [7, 11) is 4.15. The van der Waals surface area contributed by atoms with Crippen molar-refractivity contribution in [3.05, 3.63) is 204 Å². The average Bonchev–Trinajstić information content (AvgIpc) is 1.62. The molecule has 24 nitrogen and oxygen atoms in total. The molecule has 2 unspecified atom stereocenters. The van der Waals surface area contributed by atoms with Gasteiger partial charge in [0, 0.05) is 176 Å². The third-order valence-electron chi connectivity index (χ3n) is 27.8. The molecule has 22 rings (SSSR count). The molecule has 0 amide bonds. The molecule has 9 aromatic rings. The quantitative estimate of drug-likeness (QED) is 0.0478. The summed E-state index contributed by atoms with van der Waals surface area (Å²) >= 11 is 0. The molecular formula is C110H162FN23O. The third kappa shape index (κ3) is 31.5. The Morgan fingerprint density at radius 3 is 0.985 bits per heavy atom. The Labute approximate surface area is 807 Å². The van der Waals surface area contributed by atoms with Crippen molar-refractivity contribution in [2.45, 2.75) is 412 Å². The highest BCUT2D eigenvalue weighted by Gasteiger charge is 2.48. The first-order valence-electron chi connectivity index (χ1n) is 52.5. The van der Waals surface area contributed by atoms with Crippen molar-refractivity contribution in [1.82, 2.24) is 114 Å².